The number of rotatable bonds is 8. The second-order valence-corrected chi connectivity index (χ2v) is 4.94. The summed E-state index contributed by atoms with van der Waals surface area (Å²) in [4.78, 5) is 35.8. The Labute approximate surface area is 119 Å². The van der Waals surface area contributed by atoms with Crippen LogP contribution in [0.3, 0.4) is 0 Å². The van der Waals surface area contributed by atoms with Gasteiger partial charge in [-0.2, -0.15) is 0 Å². The van der Waals surface area contributed by atoms with Crippen LogP contribution >= 0.6 is 0 Å². The molecule has 0 saturated heterocycles. The van der Waals surface area contributed by atoms with E-state index in [-0.39, 0.29) is 18.4 Å². The van der Waals surface area contributed by atoms with Crippen molar-refractivity contribution in [2.24, 2.45) is 5.92 Å². The van der Waals surface area contributed by atoms with Crippen molar-refractivity contribution in [3.05, 3.63) is 0 Å². The van der Waals surface area contributed by atoms with Crippen molar-refractivity contribution in [2.75, 3.05) is 19.6 Å². The zero-order valence-electron chi connectivity index (χ0n) is 12.6. The highest BCUT2D eigenvalue weighted by Crippen LogP contribution is 2.05. The number of hydrogen-bond donors (Lipinski definition) is 3. The van der Waals surface area contributed by atoms with Crippen LogP contribution < -0.4 is 10.6 Å². The number of aliphatic carboxylic acids is 1. The van der Waals surface area contributed by atoms with Crippen LogP contribution in [0, 0.1) is 5.92 Å². The molecule has 7 nitrogen and oxygen atoms in total. The van der Waals surface area contributed by atoms with Gasteiger partial charge in [0.15, 0.2) is 0 Å². The Morgan fingerprint density at radius 3 is 2.20 bits per heavy atom. The lowest BCUT2D eigenvalue weighted by molar-refractivity contribution is -0.139. The molecule has 116 valence electrons. The molecule has 0 heterocycles. The molecule has 0 aromatic heterocycles. The van der Waals surface area contributed by atoms with Crippen LogP contribution in [0.5, 0.6) is 0 Å². The van der Waals surface area contributed by atoms with E-state index in [1.807, 2.05) is 13.8 Å². The Hall–Kier alpha value is -1.79. The molecule has 0 spiro atoms. The van der Waals surface area contributed by atoms with Crippen molar-refractivity contribution >= 4 is 17.9 Å². The van der Waals surface area contributed by atoms with Gasteiger partial charge in [-0.15, -0.1) is 0 Å². The minimum Gasteiger partial charge on any atom is -0.480 e. The summed E-state index contributed by atoms with van der Waals surface area (Å²) < 4.78 is 0. The molecule has 0 radical (unpaired) electrons. The van der Waals surface area contributed by atoms with Crippen LogP contribution in [-0.4, -0.2) is 53.6 Å². The smallest absolute Gasteiger partial charge is 0.326 e. The lowest BCUT2D eigenvalue weighted by atomic mass is 10.0. The molecule has 0 rings (SSSR count). The zero-order valence-corrected chi connectivity index (χ0v) is 12.6. The lowest BCUT2D eigenvalue weighted by Gasteiger charge is -2.24. The first kappa shape index (κ1) is 18.2. The van der Waals surface area contributed by atoms with Gasteiger partial charge >= 0.3 is 12.0 Å². The zero-order chi connectivity index (χ0) is 15.7. The second kappa shape index (κ2) is 9.17. The van der Waals surface area contributed by atoms with Gasteiger partial charge in [-0.1, -0.05) is 13.8 Å². The Kier molecular flexibility index (Phi) is 8.35. The van der Waals surface area contributed by atoms with E-state index in [2.05, 4.69) is 10.6 Å². The predicted molar refractivity (Wildman–Crippen MR) is 75.3 cm³/mol. The van der Waals surface area contributed by atoms with Gasteiger partial charge in [0.2, 0.25) is 5.91 Å². The van der Waals surface area contributed by atoms with Crippen LogP contribution in [0.25, 0.3) is 0 Å². The van der Waals surface area contributed by atoms with Gasteiger partial charge in [-0.3, -0.25) is 4.79 Å². The topological polar surface area (TPSA) is 98.7 Å². The Morgan fingerprint density at radius 1 is 1.20 bits per heavy atom. The van der Waals surface area contributed by atoms with Gasteiger partial charge in [-0.05, 0) is 26.2 Å². The number of carbonyl (C=O) groups is 3. The maximum atomic E-state index is 12.0. The Balaban J connectivity index is 4.58. The summed E-state index contributed by atoms with van der Waals surface area (Å²) in [6.07, 6.45) is 0.347. The quantitative estimate of drug-likeness (QED) is 0.610. The Bertz CT molecular complexity index is 345. The molecule has 0 aliphatic heterocycles. The molecule has 0 saturated carbocycles. The van der Waals surface area contributed by atoms with E-state index in [0.29, 0.717) is 19.5 Å². The van der Waals surface area contributed by atoms with Gasteiger partial charge in [0.1, 0.15) is 12.6 Å². The third-order valence-corrected chi connectivity index (χ3v) is 2.68. The maximum absolute atomic E-state index is 12.0. The van der Waals surface area contributed by atoms with Crippen molar-refractivity contribution in [2.45, 2.75) is 40.2 Å². The first-order valence-electron chi connectivity index (χ1n) is 6.86. The summed E-state index contributed by atoms with van der Waals surface area (Å²) in [5.41, 5.74) is 0. The fourth-order valence-corrected chi connectivity index (χ4v) is 1.69. The maximum Gasteiger partial charge on any atom is 0.326 e. The highest BCUT2D eigenvalue weighted by molar-refractivity contribution is 5.86. The highest BCUT2D eigenvalue weighted by Gasteiger charge is 2.24. The molecule has 1 atom stereocenters. The summed E-state index contributed by atoms with van der Waals surface area (Å²) in [7, 11) is 0. The van der Waals surface area contributed by atoms with Gasteiger partial charge < -0.3 is 20.6 Å². The molecule has 0 aromatic carbocycles. The van der Waals surface area contributed by atoms with Crippen LogP contribution in [0.4, 0.5) is 4.79 Å². The Morgan fingerprint density at radius 2 is 1.80 bits per heavy atom. The molecule has 7 heteroatoms. The van der Waals surface area contributed by atoms with Crippen molar-refractivity contribution < 1.29 is 19.5 Å². The van der Waals surface area contributed by atoms with Crippen LogP contribution in [0.1, 0.15) is 34.1 Å². The summed E-state index contributed by atoms with van der Waals surface area (Å²) >= 11 is 0. The van der Waals surface area contributed by atoms with Crippen LogP contribution in [-0.2, 0) is 9.59 Å². The van der Waals surface area contributed by atoms with Crippen molar-refractivity contribution in [1.29, 1.82) is 0 Å². The monoisotopic (exact) mass is 287 g/mol. The third-order valence-electron chi connectivity index (χ3n) is 2.68. The number of carboxylic acid groups (broad SMARTS) is 1. The first-order valence-corrected chi connectivity index (χ1v) is 6.86. The molecule has 0 bridgehead atoms. The number of hydrogen-bond acceptors (Lipinski definition) is 3. The van der Waals surface area contributed by atoms with Gasteiger partial charge in [0, 0.05) is 13.1 Å². The fourth-order valence-electron chi connectivity index (χ4n) is 1.69. The van der Waals surface area contributed by atoms with Crippen molar-refractivity contribution in [3.63, 3.8) is 0 Å². The number of nitrogens with zero attached hydrogens (tertiary/aromatic N) is 1. The van der Waals surface area contributed by atoms with Crippen LogP contribution in [0.2, 0.25) is 0 Å². The largest absolute Gasteiger partial charge is 0.480 e. The van der Waals surface area contributed by atoms with E-state index in [0.717, 1.165) is 0 Å². The molecule has 0 aliphatic carbocycles. The average molecular weight is 287 g/mol. The van der Waals surface area contributed by atoms with E-state index in [9.17, 15) is 14.4 Å². The fraction of sp³-hybridized carbons (Fsp3) is 0.769. The SMILES string of the molecule is CCNC(=O)CN(CC)C(=O)N[C@@H](CC(C)C)C(=O)O. The highest BCUT2D eigenvalue weighted by atomic mass is 16.4. The predicted octanol–water partition coefficient (Wildman–Crippen LogP) is 0.653. The van der Waals surface area contributed by atoms with E-state index >= 15 is 0 Å². The molecule has 0 aliphatic rings. The molecule has 3 N–H and O–H groups in total. The average Bonchev–Trinajstić information content (AvgIpc) is 2.34. The van der Waals surface area contributed by atoms with Crippen molar-refractivity contribution in [3.8, 4) is 0 Å². The second-order valence-electron chi connectivity index (χ2n) is 4.94. The molecule has 0 aromatic rings. The molecule has 3 amide bonds. The van der Waals surface area contributed by atoms with E-state index < -0.39 is 18.0 Å². The molecular weight excluding hydrogens is 262 g/mol. The summed E-state index contributed by atoms with van der Waals surface area (Å²) in [6, 6.07) is -1.47. The number of carbonyl (C=O) groups excluding carboxylic acids is 2. The number of urea groups is 1. The van der Waals surface area contributed by atoms with Gasteiger partial charge in [0.05, 0.1) is 0 Å². The van der Waals surface area contributed by atoms with E-state index in [1.54, 1.807) is 13.8 Å². The number of likely N-dealkylation sites (N-methyl/N-ethyl adjacent to an activating group) is 2. The van der Waals surface area contributed by atoms with Gasteiger partial charge in [-0.25, -0.2) is 9.59 Å². The first-order chi connectivity index (χ1) is 9.31. The normalized spacial score (nSPS) is 11.8. The van der Waals surface area contributed by atoms with E-state index in [1.165, 1.54) is 4.90 Å². The molecule has 0 unspecified atom stereocenters. The third kappa shape index (κ3) is 6.96. The van der Waals surface area contributed by atoms with E-state index in [4.69, 9.17) is 5.11 Å². The standard InChI is InChI=1S/C13H25N3O4/c1-5-14-11(17)8-16(6-2)13(20)15-10(12(18)19)7-9(3)4/h9-10H,5-8H2,1-4H3,(H,14,17)(H,15,20)(H,18,19)/t10-/m0/s1. The minimum atomic E-state index is -1.07. The summed E-state index contributed by atoms with van der Waals surface area (Å²) in [6.45, 7) is 8.03. The number of carboxylic acids is 1. The molecular formula is C13H25N3O4. The molecule has 0 fully saturated rings. The summed E-state index contributed by atoms with van der Waals surface area (Å²) in [5.74, 6) is -1.18. The minimum absolute atomic E-state index is 0.0792. The van der Waals surface area contributed by atoms with Crippen molar-refractivity contribution in [1.82, 2.24) is 15.5 Å². The number of amides is 3. The number of nitrogens with one attached hydrogen (secondary N) is 2. The molecule has 20 heavy (non-hydrogen) atoms. The van der Waals surface area contributed by atoms with Crippen LogP contribution in [0.15, 0.2) is 0 Å². The summed E-state index contributed by atoms with van der Waals surface area (Å²) in [5, 5.41) is 14.1. The lowest BCUT2D eigenvalue weighted by Crippen LogP contribution is -2.50. The van der Waals surface area contributed by atoms with Gasteiger partial charge in [0.25, 0.3) is 0 Å².